The molecular weight excluding hydrogens is 1300 g/mol. The van der Waals surface area contributed by atoms with Crippen molar-refractivity contribution in [3.63, 3.8) is 0 Å². The summed E-state index contributed by atoms with van der Waals surface area (Å²) in [6.07, 6.45) is 0. The van der Waals surface area contributed by atoms with E-state index in [1.165, 1.54) is 87.6 Å². The number of ether oxygens (including phenoxy) is 1. The van der Waals surface area contributed by atoms with Crippen LogP contribution in [0.4, 0.5) is 0 Å². The SMILES string of the molecule is COc1ccc(-c2nc(-c3cc(-n4c5ccc(C(C)C)cc5c5cc(C(C)C)ccc54)cc(-n4c5ccc(C(C)C)cc5c5cc(C(C)(C)C)ccc54)c3)nc(-c3cc(-n4c5ccc(C(C)(C)C)cc5c5cc(C(C)(C)C)ccc54)cc(-n4c5ccc(C(C)(C)C)cc5c5cc(C(C)(C)C)ccc54)c3)n2)cc1. The molecule has 0 aliphatic rings. The van der Waals surface area contributed by atoms with Gasteiger partial charge < -0.3 is 23.0 Å². The van der Waals surface area contributed by atoms with Crippen molar-refractivity contribution in [3.05, 3.63) is 251 Å². The second-order valence-electron chi connectivity index (χ2n) is 36.6. The Labute approximate surface area is 632 Å². The first-order chi connectivity index (χ1) is 50.6. The van der Waals surface area contributed by atoms with E-state index in [4.69, 9.17) is 19.7 Å². The fourth-order valence-electron chi connectivity index (χ4n) is 16.1. The number of hydrogen-bond acceptors (Lipinski definition) is 4. The van der Waals surface area contributed by atoms with Crippen molar-refractivity contribution in [1.29, 1.82) is 0 Å². The normalized spacial score (nSPS) is 13.0. The van der Waals surface area contributed by atoms with Crippen molar-refractivity contribution in [2.75, 3.05) is 7.11 Å². The average molecular weight is 1410 g/mol. The molecule has 107 heavy (non-hydrogen) atoms. The van der Waals surface area contributed by atoms with E-state index in [-0.39, 0.29) is 27.1 Å². The van der Waals surface area contributed by atoms with Gasteiger partial charge in [-0.15, -0.1) is 0 Å². The smallest absolute Gasteiger partial charge is 0.164 e. The van der Waals surface area contributed by atoms with E-state index in [1.54, 1.807) is 7.11 Å². The minimum Gasteiger partial charge on any atom is -0.497 e. The van der Waals surface area contributed by atoms with E-state index in [0.717, 1.165) is 89.3 Å². The molecule has 0 aliphatic carbocycles. The van der Waals surface area contributed by atoms with Crippen LogP contribution >= 0.6 is 0 Å². The van der Waals surface area contributed by atoms with Gasteiger partial charge in [-0.25, -0.2) is 15.0 Å². The lowest BCUT2D eigenvalue weighted by molar-refractivity contribution is 0.415. The third-order valence-corrected chi connectivity index (χ3v) is 22.8. The van der Waals surface area contributed by atoms with Crippen molar-refractivity contribution >= 4 is 87.2 Å². The second-order valence-corrected chi connectivity index (χ2v) is 36.6. The van der Waals surface area contributed by atoms with Crippen LogP contribution < -0.4 is 4.74 Å². The van der Waals surface area contributed by atoms with Gasteiger partial charge in [-0.1, -0.05) is 194 Å². The monoisotopic (exact) mass is 1410 g/mol. The molecule has 5 aromatic heterocycles. The Kier molecular flexibility index (Phi) is 16.7. The molecule has 0 saturated heterocycles. The summed E-state index contributed by atoms with van der Waals surface area (Å²) in [7, 11) is 1.71. The molecule has 540 valence electrons. The third-order valence-electron chi connectivity index (χ3n) is 22.8. The number of benzene rings is 11. The predicted octanol–water partition coefficient (Wildman–Crippen LogP) is 27.1. The molecule has 0 bridgehead atoms. The quantitative estimate of drug-likeness (QED) is 0.129. The molecule has 0 spiro atoms. The van der Waals surface area contributed by atoms with Gasteiger partial charge in [0, 0.05) is 82.5 Å². The van der Waals surface area contributed by atoms with E-state index >= 15 is 0 Å². The van der Waals surface area contributed by atoms with Crippen LogP contribution in [0.1, 0.15) is 208 Å². The summed E-state index contributed by atoms with van der Waals surface area (Å²) in [4.78, 5) is 17.3. The molecule has 8 nitrogen and oxygen atoms in total. The maximum atomic E-state index is 5.92. The van der Waals surface area contributed by atoms with Gasteiger partial charge in [-0.3, -0.25) is 0 Å². The molecule has 0 N–H and O–H groups in total. The van der Waals surface area contributed by atoms with Crippen LogP contribution in [-0.2, 0) is 27.1 Å². The van der Waals surface area contributed by atoms with Crippen LogP contribution in [0.15, 0.2) is 206 Å². The largest absolute Gasteiger partial charge is 0.497 e. The molecule has 8 heteroatoms. The van der Waals surface area contributed by atoms with Crippen LogP contribution in [-0.4, -0.2) is 40.3 Å². The maximum absolute atomic E-state index is 5.92. The van der Waals surface area contributed by atoms with Crippen LogP contribution in [0.25, 0.3) is 144 Å². The standard InChI is InChI=1S/C99H103N7O/c1-57(2)61-25-35-84-76(47-61)77-48-62(58(3)4)26-36-85(77)103(84)71-43-64(44-72(55-71)104-86-37-27-63(59(5)6)49-78(86)79-50-66(95(7,8)9)28-38-87(79)104)93-100-92(60-23-33-75(107-22)34-24-60)101-94(102-93)65-45-73(105-88-39-29-67(96(10,11)12)51-80(88)81-52-68(97(13,14)15)30-40-89(81)105)56-74(46-65)106-90-41-31-69(98(16,17)18)53-82(90)83-54-70(99(19,20)21)32-42-91(83)106/h23-59H,1-22H3. The van der Waals surface area contributed by atoms with Gasteiger partial charge in [0.1, 0.15) is 5.75 Å². The van der Waals surface area contributed by atoms with Crippen LogP contribution in [0.3, 0.4) is 0 Å². The molecule has 0 atom stereocenters. The highest BCUT2D eigenvalue weighted by Gasteiger charge is 2.29. The van der Waals surface area contributed by atoms with Crippen LogP contribution in [0.5, 0.6) is 5.75 Å². The van der Waals surface area contributed by atoms with Gasteiger partial charge >= 0.3 is 0 Å². The first-order valence-electron chi connectivity index (χ1n) is 38.7. The average Bonchev–Trinajstić information content (AvgIpc) is 1.59. The predicted molar refractivity (Wildman–Crippen MR) is 456 cm³/mol. The fraction of sp³-hybridized carbons (Fsp3) is 0.303. The minimum atomic E-state index is -0.0819. The van der Waals surface area contributed by atoms with Crippen molar-refractivity contribution in [2.24, 2.45) is 0 Å². The Morgan fingerprint density at radius 1 is 0.243 bits per heavy atom. The molecule has 0 fully saturated rings. The summed E-state index contributed by atoms with van der Waals surface area (Å²) < 4.78 is 15.8. The molecule has 0 radical (unpaired) electrons. The minimum absolute atomic E-state index is 0.0729. The zero-order valence-corrected chi connectivity index (χ0v) is 66.9. The number of rotatable bonds is 11. The number of fused-ring (bicyclic) bond motifs is 12. The van der Waals surface area contributed by atoms with E-state index in [2.05, 4.69) is 358 Å². The first kappa shape index (κ1) is 70.7. The molecule has 16 aromatic rings. The molecule has 11 aromatic carbocycles. The lowest BCUT2D eigenvalue weighted by Crippen LogP contribution is -2.10. The fourth-order valence-corrected chi connectivity index (χ4v) is 16.1. The van der Waals surface area contributed by atoms with Crippen molar-refractivity contribution in [2.45, 2.75) is 190 Å². The topological polar surface area (TPSA) is 67.6 Å². The summed E-state index contributed by atoms with van der Waals surface area (Å²) >= 11 is 0. The summed E-state index contributed by atoms with van der Waals surface area (Å²) in [6.45, 7) is 48.5. The number of hydrogen-bond donors (Lipinski definition) is 0. The summed E-state index contributed by atoms with van der Waals surface area (Å²) in [6, 6.07) is 79.1. The maximum Gasteiger partial charge on any atom is 0.164 e. The third kappa shape index (κ3) is 12.4. The van der Waals surface area contributed by atoms with Gasteiger partial charge in [0.15, 0.2) is 17.5 Å². The Hall–Kier alpha value is -10.6. The van der Waals surface area contributed by atoms with E-state index in [0.29, 0.717) is 35.2 Å². The van der Waals surface area contributed by atoms with E-state index < -0.39 is 0 Å². The Morgan fingerprint density at radius 2 is 0.458 bits per heavy atom. The highest BCUT2D eigenvalue weighted by Crippen LogP contribution is 2.46. The Morgan fingerprint density at radius 3 is 0.673 bits per heavy atom. The first-order valence-corrected chi connectivity index (χ1v) is 38.7. The van der Waals surface area contributed by atoms with Gasteiger partial charge in [0.25, 0.3) is 0 Å². The molecule has 0 aliphatic heterocycles. The summed E-state index contributed by atoms with van der Waals surface area (Å²) in [5, 5.41) is 9.78. The second kappa shape index (κ2) is 25.3. The van der Waals surface area contributed by atoms with E-state index in [9.17, 15) is 0 Å². The molecule has 16 rings (SSSR count). The summed E-state index contributed by atoms with van der Waals surface area (Å²) in [5.74, 6) is 3.40. The lowest BCUT2D eigenvalue weighted by atomic mass is 9.85. The van der Waals surface area contributed by atoms with Crippen molar-refractivity contribution in [3.8, 4) is 62.7 Å². The molecular formula is C99H103N7O. The Balaban J connectivity index is 1.03. The van der Waals surface area contributed by atoms with Gasteiger partial charge in [0.2, 0.25) is 0 Å². The zero-order chi connectivity index (χ0) is 75.6. The molecule has 0 unspecified atom stereocenters. The van der Waals surface area contributed by atoms with Crippen molar-refractivity contribution in [1.82, 2.24) is 33.2 Å². The van der Waals surface area contributed by atoms with Crippen LogP contribution in [0.2, 0.25) is 0 Å². The van der Waals surface area contributed by atoms with Crippen LogP contribution in [0, 0.1) is 0 Å². The molecule has 5 heterocycles. The highest BCUT2D eigenvalue weighted by atomic mass is 16.5. The molecule has 0 amide bonds. The van der Waals surface area contributed by atoms with Gasteiger partial charge in [-0.05, 0) is 247 Å². The van der Waals surface area contributed by atoms with Crippen molar-refractivity contribution < 1.29 is 4.74 Å². The lowest BCUT2D eigenvalue weighted by Gasteiger charge is -2.20. The number of aromatic nitrogens is 7. The summed E-state index contributed by atoms with van der Waals surface area (Å²) in [5.41, 5.74) is 25.5. The molecule has 0 saturated carbocycles. The Bertz CT molecular complexity index is 5900. The van der Waals surface area contributed by atoms with Gasteiger partial charge in [-0.2, -0.15) is 0 Å². The highest BCUT2D eigenvalue weighted by molar-refractivity contribution is 6.14. The number of nitrogens with zero attached hydrogens (tertiary/aromatic N) is 7. The van der Waals surface area contributed by atoms with E-state index in [1.807, 2.05) is 12.1 Å². The zero-order valence-electron chi connectivity index (χ0n) is 66.9. The number of methoxy groups -OCH3 is 1. The van der Waals surface area contributed by atoms with Gasteiger partial charge in [0.05, 0.1) is 51.2 Å².